The van der Waals surface area contributed by atoms with Crippen LogP contribution in [0.15, 0.2) is 35.1 Å². The molecule has 0 bridgehead atoms. The Morgan fingerprint density at radius 1 is 1.36 bits per heavy atom. The smallest absolute Gasteiger partial charge is 0.422 e. The van der Waals surface area contributed by atoms with Crippen molar-refractivity contribution in [3.63, 3.8) is 0 Å². The number of hydrogen-bond donors (Lipinski definition) is 0. The molecule has 0 aromatic carbocycles. The molecular weight excluding hydrogens is 303 g/mol. The van der Waals surface area contributed by atoms with Gasteiger partial charge in [-0.25, -0.2) is 9.78 Å². The standard InChI is InChI=1S/C14H12F3NO4/c1-9-10(4-6-20-9)7-21-13(19)12-11(3-2-5-18-12)22-8-14(15,16)17/h2-6H,7-8H2,1H3. The molecule has 0 atom stereocenters. The van der Waals surface area contributed by atoms with Crippen LogP contribution in [0.1, 0.15) is 21.8 Å². The molecule has 0 amide bonds. The lowest BCUT2D eigenvalue weighted by atomic mass is 10.3. The van der Waals surface area contributed by atoms with Gasteiger partial charge in [0.25, 0.3) is 0 Å². The van der Waals surface area contributed by atoms with Crippen molar-refractivity contribution >= 4 is 5.97 Å². The van der Waals surface area contributed by atoms with Gasteiger partial charge in [0, 0.05) is 11.8 Å². The summed E-state index contributed by atoms with van der Waals surface area (Å²) in [7, 11) is 0. The monoisotopic (exact) mass is 315 g/mol. The molecule has 2 heterocycles. The SMILES string of the molecule is Cc1occc1COC(=O)c1ncccc1OCC(F)(F)F. The molecule has 22 heavy (non-hydrogen) atoms. The lowest BCUT2D eigenvalue weighted by Crippen LogP contribution is -2.21. The van der Waals surface area contributed by atoms with Crippen LogP contribution in [0, 0.1) is 6.92 Å². The maximum atomic E-state index is 12.2. The van der Waals surface area contributed by atoms with Crippen LogP contribution in [0.4, 0.5) is 13.2 Å². The fourth-order valence-electron chi connectivity index (χ4n) is 1.59. The number of carbonyl (C=O) groups excluding carboxylic acids is 1. The summed E-state index contributed by atoms with van der Waals surface area (Å²) in [4.78, 5) is 15.6. The van der Waals surface area contributed by atoms with Crippen LogP contribution < -0.4 is 4.74 Å². The van der Waals surface area contributed by atoms with Crippen molar-refractivity contribution in [2.24, 2.45) is 0 Å². The van der Waals surface area contributed by atoms with Gasteiger partial charge in [-0.2, -0.15) is 13.2 Å². The van der Waals surface area contributed by atoms with Crippen LogP contribution in [0.2, 0.25) is 0 Å². The summed E-state index contributed by atoms with van der Waals surface area (Å²) in [5, 5.41) is 0. The Hall–Kier alpha value is -2.51. The molecule has 5 nitrogen and oxygen atoms in total. The molecule has 0 unspecified atom stereocenters. The highest BCUT2D eigenvalue weighted by atomic mass is 19.4. The predicted octanol–water partition coefficient (Wildman–Crippen LogP) is 3.28. The van der Waals surface area contributed by atoms with Crippen molar-refractivity contribution in [2.75, 3.05) is 6.61 Å². The summed E-state index contributed by atoms with van der Waals surface area (Å²) in [6.45, 7) is 0.109. The number of carbonyl (C=O) groups is 1. The number of nitrogens with zero attached hydrogens (tertiary/aromatic N) is 1. The summed E-state index contributed by atoms with van der Waals surface area (Å²) in [5.74, 6) is -0.575. The lowest BCUT2D eigenvalue weighted by molar-refractivity contribution is -0.153. The van der Waals surface area contributed by atoms with E-state index < -0.39 is 18.8 Å². The van der Waals surface area contributed by atoms with E-state index in [1.54, 1.807) is 13.0 Å². The molecule has 2 aromatic heterocycles. The second kappa shape index (κ2) is 6.50. The normalized spacial score (nSPS) is 11.3. The van der Waals surface area contributed by atoms with Crippen molar-refractivity contribution in [2.45, 2.75) is 19.7 Å². The van der Waals surface area contributed by atoms with Gasteiger partial charge in [-0.15, -0.1) is 0 Å². The van der Waals surface area contributed by atoms with E-state index in [1.807, 2.05) is 0 Å². The molecule has 0 spiro atoms. The van der Waals surface area contributed by atoms with E-state index in [2.05, 4.69) is 9.72 Å². The number of hydrogen-bond acceptors (Lipinski definition) is 5. The molecular formula is C14H12F3NO4. The Kier molecular flexibility index (Phi) is 4.69. The molecule has 0 radical (unpaired) electrons. The number of aryl methyl sites for hydroxylation is 1. The Labute approximate surface area is 123 Å². The Balaban J connectivity index is 2.04. The maximum Gasteiger partial charge on any atom is 0.422 e. The Bertz CT molecular complexity index is 652. The van der Waals surface area contributed by atoms with Crippen LogP contribution in [0.3, 0.4) is 0 Å². The minimum atomic E-state index is -4.51. The Morgan fingerprint density at radius 2 is 2.14 bits per heavy atom. The first-order chi connectivity index (χ1) is 10.4. The van der Waals surface area contributed by atoms with E-state index in [0.29, 0.717) is 11.3 Å². The quantitative estimate of drug-likeness (QED) is 0.792. The molecule has 0 aliphatic rings. The number of halogens is 3. The van der Waals surface area contributed by atoms with Gasteiger partial charge in [0.1, 0.15) is 12.4 Å². The van der Waals surface area contributed by atoms with Crippen LogP contribution in [0.25, 0.3) is 0 Å². The first-order valence-electron chi connectivity index (χ1n) is 6.21. The van der Waals surface area contributed by atoms with Gasteiger partial charge < -0.3 is 13.9 Å². The van der Waals surface area contributed by atoms with Gasteiger partial charge in [-0.05, 0) is 25.1 Å². The molecule has 0 aliphatic carbocycles. The molecule has 0 N–H and O–H groups in total. The Morgan fingerprint density at radius 3 is 2.77 bits per heavy atom. The van der Waals surface area contributed by atoms with Crippen molar-refractivity contribution in [3.05, 3.63) is 47.7 Å². The van der Waals surface area contributed by atoms with Gasteiger partial charge in [-0.1, -0.05) is 0 Å². The van der Waals surface area contributed by atoms with Crippen molar-refractivity contribution < 1.29 is 31.9 Å². The molecule has 0 saturated carbocycles. The minimum absolute atomic E-state index is 0.0730. The number of rotatable bonds is 5. The summed E-state index contributed by atoms with van der Waals surface area (Å²) in [6.07, 6.45) is -1.80. The van der Waals surface area contributed by atoms with Crippen molar-refractivity contribution in [1.82, 2.24) is 4.98 Å². The zero-order valence-electron chi connectivity index (χ0n) is 11.5. The van der Waals surface area contributed by atoms with Crippen LogP contribution >= 0.6 is 0 Å². The summed E-state index contributed by atoms with van der Waals surface area (Å²) >= 11 is 0. The lowest BCUT2D eigenvalue weighted by Gasteiger charge is -2.11. The van der Waals surface area contributed by atoms with E-state index in [9.17, 15) is 18.0 Å². The second-order valence-corrected chi connectivity index (χ2v) is 4.33. The van der Waals surface area contributed by atoms with Gasteiger partial charge >= 0.3 is 12.1 Å². The predicted molar refractivity (Wildman–Crippen MR) is 68.4 cm³/mol. The number of ether oxygens (including phenoxy) is 2. The van der Waals surface area contributed by atoms with E-state index in [-0.39, 0.29) is 18.1 Å². The third-order valence-corrected chi connectivity index (χ3v) is 2.68. The zero-order chi connectivity index (χ0) is 16.2. The molecule has 118 valence electrons. The highest BCUT2D eigenvalue weighted by Crippen LogP contribution is 2.22. The number of pyridine rings is 1. The van der Waals surface area contributed by atoms with Crippen LogP contribution in [-0.2, 0) is 11.3 Å². The van der Waals surface area contributed by atoms with Crippen LogP contribution in [-0.4, -0.2) is 23.7 Å². The average Bonchev–Trinajstić information content (AvgIpc) is 2.87. The molecule has 0 saturated heterocycles. The third kappa shape index (κ3) is 4.24. The first kappa shape index (κ1) is 15.9. The fourth-order valence-corrected chi connectivity index (χ4v) is 1.59. The van der Waals surface area contributed by atoms with E-state index in [0.717, 1.165) is 0 Å². The number of aromatic nitrogens is 1. The van der Waals surface area contributed by atoms with Gasteiger partial charge in [-0.3, -0.25) is 0 Å². The molecule has 2 aromatic rings. The third-order valence-electron chi connectivity index (χ3n) is 2.68. The van der Waals surface area contributed by atoms with Crippen molar-refractivity contribution in [1.29, 1.82) is 0 Å². The number of alkyl halides is 3. The topological polar surface area (TPSA) is 61.6 Å². The molecule has 0 fully saturated rings. The zero-order valence-corrected chi connectivity index (χ0v) is 11.5. The van der Waals surface area contributed by atoms with Crippen LogP contribution in [0.5, 0.6) is 5.75 Å². The number of furan rings is 1. The highest BCUT2D eigenvalue weighted by Gasteiger charge is 2.29. The molecule has 2 rings (SSSR count). The molecule has 0 aliphatic heterocycles. The summed E-state index contributed by atoms with van der Waals surface area (Å²) in [6, 6.07) is 4.21. The van der Waals surface area contributed by atoms with Gasteiger partial charge in [0.2, 0.25) is 0 Å². The van der Waals surface area contributed by atoms with Gasteiger partial charge in [0.15, 0.2) is 18.1 Å². The molecule has 8 heteroatoms. The largest absolute Gasteiger partial charge is 0.482 e. The van der Waals surface area contributed by atoms with E-state index in [4.69, 9.17) is 9.15 Å². The fraction of sp³-hybridized carbons (Fsp3) is 0.286. The van der Waals surface area contributed by atoms with E-state index in [1.165, 1.54) is 24.6 Å². The van der Waals surface area contributed by atoms with Crippen molar-refractivity contribution in [3.8, 4) is 5.75 Å². The van der Waals surface area contributed by atoms with Gasteiger partial charge in [0.05, 0.1) is 6.26 Å². The second-order valence-electron chi connectivity index (χ2n) is 4.33. The first-order valence-corrected chi connectivity index (χ1v) is 6.21. The number of esters is 1. The summed E-state index contributed by atoms with van der Waals surface area (Å²) in [5.41, 5.74) is 0.343. The summed E-state index contributed by atoms with van der Waals surface area (Å²) < 4.78 is 51.2. The average molecular weight is 315 g/mol. The van der Waals surface area contributed by atoms with E-state index >= 15 is 0 Å². The maximum absolute atomic E-state index is 12.2. The highest BCUT2D eigenvalue weighted by molar-refractivity contribution is 5.90. The minimum Gasteiger partial charge on any atom is -0.482 e.